The van der Waals surface area contributed by atoms with Crippen LogP contribution in [0.1, 0.15) is 36.2 Å². The first-order valence-electron chi connectivity index (χ1n) is 13.9. The topological polar surface area (TPSA) is 108 Å². The van der Waals surface area contributed by atoms with Gasteiger partial charge in [-0.3, -0.25) is 24.0 Å². The third kappa shape index (κ3) is 5.98. The highest BCUT2D eigenvalue weighted by Gasteiger charge is 2.59. The third-order valence-electron chi connectivity index (χ3n) is 8.09. The van der Waals surface area contributed by atoms with Gasteiger partial charge in [-0.1, -0.05) is 24.3 Å². The quantitative estimate of drug-likeness (QED) is 0.299. The van der Waals surface area contributed by atoms with E-state index < -0.39 is 67.1 Å². The molecule has 1 aliphatic carbocycles. The zero-order valence-corrected chi connectivity index (χ0v) is 24.4. The van der Waals surface area contributed by atoms with Crippen LogP contribution >= 0.6 is 0 Å². The molecule has 0 bridgehead atoms. The number of alkyl halides is 4. The first-order valence-corrected chi connectivity index (χ1v) is 13.9. The number of urea groups is 1. The molecule has 0 unspecified atom stereocenters. The molecule has 5 rings (SSSR count). The van der Waals surface area contributed by atoms with E-state index in [0.29, 0.717) is 20.9 Å². The zero-order valence-electron chi connectivity index (χ0n) is 24.4. The normalized spacial score (nSPS) is 19.9. The van der Waals surface area contributed by atoms with E-state index in [4.69, 9.17) is 0 Å². The maximum absolute atomic E-state index is 15.5. The second-order valence-electron chi connectivity index (χ2n) is 11.3. The number of fused-ring (bicyclic) bond motifs is 2. The molecular weight excluding hydrogens is 603 g/mol. The van der Waals surface area contributed by atoms with Crippen molar-refractivity contribution in [2.75, 3.05) is 20.6 Å². The molecule has 0 radical (unpaired) electrons. The summed E-state index contributed by atoms with van der Waals surface area (Å²) in [6, 6.07) is 5.74. The highest BCUT2D eigenvalue weighted by Crippen LogP contribution is 2.49. The molecule has 3 atom stereocenters. The van der Waals surface area contributed by atoms with Crippen molar-refractivity contribution in [2.24, 2.45) is 0 Å². The number of imide groups is 1. The lowest BCUT2D eigenvalue weighted by Gasteiger charge is -2.32. The summed E-state index contributed by atoms with van der Waals surface area (Å²) in [5.74, 6) is -2.95. The number of hydrogen-bond acceptors (Lipinski definition) is 5. The molecule has 3 aromatic rings. The number of benzene rings is 2. The first kappa shape index (κ1) is 31.6. The molecule has 2 aromatic carbocycles. The first-order chi connectivity index (χ1) is 21.1. The van der Waals surface area contributed by atoms with Crippen LogP contribution in [0.25, 0.3) is 11.1 Å². The predicted octanol–water partition coefficient (Wildman–Crippen LogP) is 3.92. The van der Waals surface area contributed by atoms with Gasteiger partial charge in [0.2, 0.25) is 11.8 Å². The van der Waals surface area contributed by atoms with E-state index in [2.05, 4.69) is 10.4 Å². The molecule has 1 aromatic heterocycles. The highest BCUT2D eigenvalue weighted by atomic mass is 19.4. The second kappa shape index (κ2) is 11.6. The number of hydrogen-bond donors (Lipinski definition) is 1. The van der Waals surface area contributed by atoms with Crippen LogP contribution in [0.3, 0.4) is 0 Å². The summed E-state index contributed by atoms with van der Waals surface area (Å²) in [5, 5.41) is 6.64. The fourth-order valence-corrected chi connectivity index (χ4v) is 5.48. The number of rotatable bonds is 8. The number of carbonyl (C=O) groups is 4. The Morgan fingerprint density at radius 1 is 1.07 bits per heavy atom. The molecule has 1 saturated heterocycles. The Bertz CT molecular complexity index is 1660. The summed E-state index contributed by atoms with van der Waals surface area (Å²) in [4.78, 5) is 54.3. The van der Waals surface area contributed by atoms with Gasteiger partial charge in [0.1, 0.15) is 36.7 Å². The van der Waals surface area contributed by atoms with Gasteiger partial charge in [-0.05, 0) is 47.4 Å². The van der Waals surface area contributed by atoms with Crippen molar-refractivity contribution in [3.8, 4) is 11.1 Å². The van der Waals surface area contributed by atoms with Crippen LogP contribution in [0, 0.1) is 5.82 Å². The van der Waals surface area contributed by atoms with Crippen LogP contribution in [-0.4, -0.2) is 81.1 Å². The van der Waals surface area contributed by atoms with E-state index in [0.717, 1.165) is 19.1 Å². The van der Waals surface area contributed by atoms with Crippen LogP contribution in [-0.2, 0) is 33.0 Å². The summed E-state index contributed by atoms with van der Waals surface area (Å²) in [6.45, 7) is -0.835. The van der Waals surface area contributed by atoms with Crippen molar-refractivity contribution in [1.29, 1.82) is 0 Å². The Balaban J connectivity index is 1.38. The minimum atomic E-state index is -4.84. The number of nitrogens with zero attached hydrogens (tertiary/aromatic N) is 5. The number of nitrogens with one attached hydrogen (secondary N) is 1. The van der Waals surface area contributed by atoms with E-state index in [1.54, 1.807) is 26.4 Å². The Hall–Kier alpha value is -4.82. The maximum Gasteiger partial charge on any atom is 0.408 e. The van der Waals surface area contributed by atoms with Gasteiger partial charge < -0.3 is 15.1 Å². The van der Waals surface area contributed by atoms with Crippen LogP contribution in [0.4, 0.5) is 26.7 Å². The summed E-state index contributed by atoms with van der Waals surface area (Å²) in [6.07, 6.45) is -3.90. The molecule has 15 heteroatoms. The molecule has 2 aliphatic rings. The molecule has 10 nitrogen and oxygen atoms in total. The average Bonchev–Trinajstić information content (AvgIpc) is 3.62. The predicted molar refractivity (Wildman–Crippen MR) is 149 cm³/mol. The van der Waals surface area contributed by atoms with Crippen molar-refractivity contribution in [2.45, 2.75) is 50.4 Å². The Labute approximate surface area is 254 Å². The number of amides is 5. The summed E-state index contributed by atoms with van der Waals surface area (Å²) < 4.78 is 71.4. The fourth-order valence-electron chi connectivity index (χ4n) is 5.48. The average molecular weight is 633 g/mol. The lowest BCUT2D eigenvalue weighted by Crippen LogP contribution is -2.51. The van der Waals surface area contributed by atoms with Gasteiger partial charge in [0.15, 0.2) is 0 Å². The van der Waals surface area contributed by atoms with E-state index in [9.17, 15) is 36.7 Å². The molecule has 1 spiro atoms. The smallest absolute Gasteiger partial charge is 0.347 e. The van der Waals surface area contributed by atoms with E-state index in [1.165, 1.54) is 40.0 Å². The largest absolute Gasteiger partial charge is 0.408 e. The standard InChI is InChI=1S/C30H29F5N6O4/c1-17(30(33,34)35)40(13-18-4-7-21(31)8-5-18)26(43)16-41-27(44)29(37-28(41)45)11-24(32)22-10-19(6-9-23(22)29)20-12-36-39(14-20)15-25(42)38(2)3/h4-10,12,14,17,24H,11,13,15-16H2,1-3H3,(H,37,45)/t17-,24-,29-/m0/s1. The molecule has 0 saturated carbocycles. The lowest BCUT2D eigenvalue weighted by molar-refractivity contribution is -0.187. The van der Waals surface area contributed by atoms with Gasteiger partial charge in [-0.2, -0.15) is 18.3 Å². The van der Waals surface area contributed by atoms with Gasteiger partial charge in [-0.25, -0.2) is 13.6 Å². The monoisotopic (exact) mass is 632 g/mol. The van der Waals surface area contributed by atoms with E-state index in [1.807, 2.05) is 0 Å². The molecule has 1 fully saturated rings. The van der Waals surface area contributed by atoms with Crippen LogP contribution in [0.2, 0.25) is 0 Å². The molecule has 1 aliphatic heterocycles. The number of carbonyl (C=O) groups excluding carboxylic acids is 4. The minimum absolute atomic E-state index is 0.00898. The van der Waals surface area contributed by atoms with Crippen LogP contribution in [0.15, 0.2) is 54.9 Å². The fraction of sp³-hybridized carbons (Fsp3) is 0.367. The van der Waals surface area contributed by atoms with Crippen molar-refractivity contribution < 1.29 is 41.1 Å². The molecule has 1 N–H and O–H groups in total. The van der Waals surface area contributed by atoms with Crippen molar-refractivity contribution in [3.05, 3.63) is 77.4 Å². The lowest BCUT2D eigenvalue weighted by atomic mass is 9.90. The van der Waals surface area contributed by atoms with E-state index >= 15 is 4.39 Å². The van der Waals surface area contributed by atoms with Crippen LogP contribution in [0.5, 0.6) is 0 Å². The number of likely N-dealkylation sites (N-methyl/N-ethyl adjacent to an activating group) is 1. The summed E-state index contributed by atoms with van der Waals surface area (Å²) in [7, 11) is 3.22. The van der Waals surface area contributed by atoms with Gasteiger partial charge >= 0.3 is 12.2 Å². The molecule has 5 amide bonds. The molecule has 2 heterocycles. The third-order valence-corrected chi connectivity index (χ3v) is 8.09. The van der Waals surface area contributed by atoms with Crippen molar-refractivity contribution in [1.82, 2.24) is 29.8 Å². The Morgan fingerprint density at radius 3 is 2.40 bits per heavy atom. The van der Waals surface area contributed by atoms with Gasteiger partial charge in [-0.15, -0.1) is 0 Å². The van der Waals surface area contributed by atoms with Gasteiger partial charge in [0.25, 0.3) is 5.91 Å². The van der Waals surface area contributed by atoms with Crippen molar-refractivity contribution in [3.63, 3.8) is 0 Å². The Kier molecular flexibility index (Phi) is 8.14. The highest BCUT2D eigenvalue weighted by molar-refractivity contribution is 6.10. The number of aromatic nitrogens is 2. The Morgan fingerprint density at radius 2 is 1.76 bits per heavy atom. The number of halogens is 5. The molecular formula is C30H29F5N6O4. The molecule has 238 valence electrons. The van der Waals surface area contributed by atoms with Crippen LogP contribution < -0.4 is 5.32 Å². The van der Waals surface area contributed by atoms with E-state index in [-0.39, 0.29) is 29.1 Å². The summed E-state index contributed by atoms with van der Waals surface area (Å²) >= 11 is 0. The zero-order chi connectivity index (χ0) is 32.8. The van der Waals surface area contributed by atoms with Gasteiger partial charge in [0.05, 0.1) is 6.20 Å². The SMILES string of the molecule is C[C@H](N(Cc1ccc(F)cc1)C(=O)CN1C(=O)N[C@]2(C[C@H](F)c3cc(-c4cnn(CC(=O)N(C)C)c4)ccc32)C1=O)C(F)(F)F. The second-order valence-corrected chi connectivity index (χ2v) is 11.3. The van der Waals surface area contributed by atoms with Gasteiger partial charge in [0, 0.05) is 38.8 Å². The van der Waals surface area contributed by atoms with Crippen molar-refractivity contribution >= 4 is 23.8 Å². The summed E-state index contributed by atoms with van der Waals surface area (Å²) in [5.41, 5.74) is -0.260. The maximum atomic E-state index is 15.5. The minimum Gasteiger partial charge on any atom is -0.347 e. The molecule has 45 heavy (non-hydrogen) atoms.